The first-order valence-electron chi connectivity index (χ1n) is 6.02. The number of carbonyl (C=O) groups is 2. The zero-order chi connectivity index (χ0) is 15.3. The molecule has 0 radical (unpaired) electrons. The number of carboxylic acid groups (broad SMARTS) is 1. The van der Waals surface area contributed by atoms with Crippen molar-refractivity contribution >= 4 is 17.7 Å². The summed E-state index contributed by atoms with van der Waals surface area (Å²) in [7, 11) is 0. The molecule has 2 amide bonds. The molecule has 1 aromatic carbocycles. The summed E-state index contributed by atoms with van der Waals surface area (Å²) < 4.78 is 26.0. The fourth-order valence-corrected chi connectivity index (χ4v) is 1.38. The number of halogens is 2. The average Bonchev–Trinajstić information content (AvgIpc) is 2.39. The number of hydrogen-bond acceptors (Lipinski definition) is 2. The van der Waals surface area contributed by atoms with E-state index in [9.17, 15) is 18.4 Å². The minimum absolute atomic E-state index is 0.104. The second-order valence-corrected chi connectivity index (χ2v) is 4.65. The van der Waals surface area contributed by atoms with Crippen LogP contribution in [0.15, 0.2) is 18.2 Å². The van der Waals surface area contributed by atoms with Crippen LogP contribution in [0, 0.1) is 17.0 Å². The van der Waals surface area contributed by atoms with Crippen molar-refractivity contribution in [3.05, 3.63) is 29.8 Å². The normalized spacial score (nSPS) is 13.4. The van der Waals surface area contributed by atoms with Crippen molar-refractivity contribution in [1.29, 1.82) is 0 Å². The maximum atomic E-state index is 13.3. The molecule has 20 heavy (non-hydrogen) atoms. The van der Waals surface area contributed by atoms with Crippen LogP contribution in [-0.4, -0.2) is 23.7 Å². The second kappa shape index (κ2) is 6.31. The van der Waals surface area contributed by atoms with Gasteiger partial charge in [0.25, 0.3) is 0 Å². The molecule has 1 unspecified atom stereocenters. The summed E-state index contributed by atoms with van der Waals surface area (Å²) in [5.41, 5.74) is -1.28. The van der Waals surface area contributed by atoms with Crippen LogP contribution < -0.4 is 10.6 Å². The summed E-state index contributed by atoms with van der Waals surface area (Å²) in [6, 6.07) is 1.98. The first kappa shape index (κ1) is 15.9. The van der Waals surface area contributed by atoms with E-state index in [1.165, 1.54) is 6.92 Å². The monoisotopic (exact) mass is 286 g/mol. The van der Waals surface area contributed by atoms with Crippen molar-refractivity contribution in [2.24, 2.45) is 5.41 Å². The fraction of sp³-hybridized carbons (Fsp3) is 0.385. The van der Waals surface area contributed by atoms with E-state index in [0.29, 0.717) is 12.5 Å². The number of benzene rings is 1. The average molecular weight is 286 g/mol. The van der Waals surface area contributed by atoms with Gasteiger partial charge in [-0.1, -0.05) is 6.92 Å². The predicted octanol–water partition coefficient (Wildman–Crippen LogP) is 2.59. The molecule has 1 atom stereocenters. The van der Waals surface area contributed by atoms with Gasteiger partial charge in [-0.2, -0.15) is 0 Å². The van der Waals surface area contributed by atoms with E-state index in [2.05, 4.69) is 10.6 Å². The Hall–Kier alpha value is -2.18. The van der Waals surface area contributed by atoms with Crippen molar-refractivity contribution in [3.8, 4) is 0 Å². The van der Waals surface area contributed by atoms with Crippen LogP contribution in [0.1, 0.15) is 20.3 Å². The molecule has 0 aliphatic carbocycles. The van der Waals surface area contributed by atoms with Gasteiger partial charge in [-0.3, -0.25) is 4.79 Å². The zero-order valence-electron chi connectivity index (χ0n) is 11.2. The van der Waals surface area contributed by atoms with Crippen LogP contribution in [0.25, 0.3) is 0 Å². The molecule has 0 fully saturated rings. The maximum absolute atomic E-state index is 13.3. The van der Waals surface area contributed by atoms with Crippen molar-refractivity contribution in [2.75, 3.05) is 11.9 Å². The van der Waals surface area contributed by atoms with Crippen LogP contribution in [0.2, 0.25) is 0 Å². The molecular formula is C13H16F2N2O3. The number of nitrogens with one attached hydrogen (secondary N) is 2. The van der Waals surface area contributed by atoms with E-state index in [4.69, 9.17) is 5.11 Å². The lowest BCUT2D eigenvalue weighted by molar-refractivity contribution is -0.147. The van der Waals surface area contributed by atoms with Gasteiger partial charge in [-0.25, -0.2) is 13.6 Å². The summed E-state index contributed by atoms with van der Waals surface area (Å²) in [4.78, 5) is 22.6. The highest BCUT2D eigenvalue weighted by Gasteiger charge is 2.31. The number of anilines is 1. The molecule has 1 aromatic rings. The van der Waals surface area contributed by atoms with Crippen LogP contribution in [0.3, 0.4) is 0 Å². The van der Waals surface area contributed by atoms with Crippen molar-refractivity contribution in [1.82, 2.24) is 5.32 Å². The molecule has 0 saturated heterocycles. The molecule has 0 saturated carbocycles. The van der Waals surface area contributed by atoms with Gasteiger partial charge < -0.3 is 15.7 Å². The summed E-state index contributed by atoms with van der Waals surface area (Å²) in [5, 5.41) is 13.6. The van der Waals surface area contributed by atoms with Crippen molar-refractivity contribution < 1.29 is 23.5 Å². The molecule has 0 aliphatic heterocycles. The van der Waals surface area contributed by atoms with Gasteiger partial charge in [0.15, 0.2) is 0 Å². The number of aliphatic carboxylic acids is 1. The molecule has 0 aromatic heterocycles. The lowest BCUT2D eigenvalue weighted by Crippen LogP contribution is -2.42. The number of urea groups is 1. The highest BCUT2D eigenvalue weighted by Crippen LogP contribution is 2.20. The first-order chi connectivity index (χ1) is 9.28. The third kappa shape index (κ3) is 3.91. The zero-order valence-corrected chi connectivity index (χ0v) is 11.2. The Kier molecular flexibility index (Phi) is 5.01. The predicted molar refractivity (Wildman–Crippen MR) is 69.4 cm³/mol. The fourth-order valence-electron chi connectivity index (χ4n) is 1.38. The van der Waals surface area contributed by atoms with Gasteiger partial charge in [-0.15, -0.1) is 0 Å². The molecule has 5 nitrogen and oxygen atoms in total. The molecular weight excluding hydrogens is 270 g/mol. The first-order valence-corrected chi connectivity index (χ1v) is 6.02. The molecule has 0 aliphatic rings. The highest BCUT2D eigenvalue weighted by atomic mass is 19.1. The van der Waals surface area contributed by atoms with Crippen LogP contribution in [-0.2, 0) is 4.79 Å². The van der Waals surface area contributed by atoms with E-state index in [1.54, 1.807) is 6.92 Å². The molecule has 0 bridgehead atoms. The number of hydrogen-bond donors (Lipinski definition) is 3. The van der Waals surface area contributed by atoms with Crippen LogP contribution in [0.5, 0.6) is 0 Å². The van der Waals surface area contributed by atoms with Gasteiger partial charge in [0.2, 0.25) is 0 Å². The molecule has 1 rings (SSSR count). The minimum Gasteiger partial charge on any atom is -0.481 e. The number of amides is 2. The number of carbonyl (C=O) groups excluding carboxylic acids is 1. The third-order valence-electron chi connectivity index (χ3n) is 3.12. The Morgan fingerprint density at radius 2 is 2.00 bits per heavy atom. The Morgan fingerprint density at radius 1 is 1.35 bits per heavy atom. The van der Waals surface area contributed by atoms with E-state index in [-0.39, 0.29) is 12.2 Å². The lowest BCUT2D eigenvalue weighted by atomic mass is 9.88. The summed E-state index contributed by atoms with van der Waals surface area (Å²) in [6.07, 6.45) is 0.327. The largest absolute Gasteiger partial charge is 0.481 e. The topological polar surface area (TPSA) is 78.4 Å². The van der Waals surface area contributed by atoms with Gasteiger partial charge in [0.05, 0.1) is 11.1 Å². The number of rotatable bonds is 5. The SMILES string of the molecule is CCC(C)(CNC(=O)Nc1ccc(F)cc1F)C(=O)O. The van der Waals surface area contributed by atoms with Gasteiger partial charge in [0.1, 0.15) is 11.6 Å². The standard InChI is InChI=1S/C13H16F2N2O3/c1-3-13(2,11(18)19)7-16-12(20)17-10-5-4-8(14)6-9(10)15/h4-6H,3,7H2,1-2H3,(H,18,19)(H2,16,17,20). The Morgan fingerprint density at radius 3 is 2.50 bits per heavy atom. The van der Waals surface area contributed by atoms with Crippen LogP contribution in [0.4, 0.5) is 19.3 Å². The van der Waals surface area contributed by atoms with E-state index >= 15 is 0 Å². The van der Waals surface area contributed by atoms with Crippen LogP contribution >= 0.6 is 0 Å². The molecule has 0 spiro atoms. The summed E-state index contributed by atoms with van der Waals surface area (Å²) >= 11 is 0. The van der Waals surface area contributed by atoms with E-state index in [1.807, 2.05) is 0 Å². The summed E-state index contributed by atoms with van der Waals surface area (Å²) in [6.45, 7) is 3.08. The number of carboxylic acids is 1. The van der Waals surface area contributed by atoms with Gasteiger partial charge in [0, 0.05) is 12.6 Å². The minimum atomic E-state index is -1.10. The highest BCUT2D eigenvalue weighted by molar-refractivity contribution is 5.89. The Bertz CT molecular complexity index is 522. The van der Waals surface area contributed by atoms with Gasteiger partial charge in [-0.05, 0) is 25.5 Å². The van der Waals surface area contributed by atoms with Crippen molar-refractivity contribution in [3.63, 3.8) is 0 Å². The molecule has 7 heteroatoms. The summed E-state index contributed by atoms with van der Waals surface area (Å²) in [5.74, 6) is -2.69. The third-order valence-corrected chi connectivity index (χ3v) is 3.12. The van der Waals surface area contributed by atoms with Crippen molar-refractivity contribution in [2.45, 2.75) is 20.3 Å². The quantitative estimate of drug-likeness (QED) is 0.778. The smallest absolute Gasteiger partial charge is 0.319 e. The Balaban J connectivity index is 2.62. The van der Waals surface area contributed by atoms with E-state index < -0.39 is 29.0 Å². The lowest BCUT2D eigenvalue weighted by Gasteiger charge is -2.23. The maximum Gasteiger partial charge on any atom is 0.319 e. The van der Waals surface area contributed by atoms with Gasteiger partial charge >= 0.3 is 12.0 Å². The molecule has 110 valence electrons. The molecule has 0 heterocycles. The van der Waals surface area contributed by atoms with E-state index in [0.717, 1.165) is 12.1 Å². The Labute approximate surface area is 115 Å². The molecule has 3 N–H and O–H groups in total. The second-order valence-electron chi connectivity index (χ2n) is 4.65.